The van der Waals surface area contributed by atoms with E-state index in [9.17, 15) is 18.0 Å². The molecule has 3 heterocycles. The number of aromatic nitrogens is 4. The first-order valence-corrected chi connectivity index (χ1v) is 11.3. The Hall–Kier alpha value is -4.79. The second-order valence-electron chi connectivity index (χ2n) is 8.41. The summed E-state index contributed by atoms with van der Waals surface area (Å²) >= 11 is 0. The first-order valence-electron chi connectivity index (χ1n) is 11.3. The van der Waals surface area contributed by atoms with Crippen molar-refractivity contribution in [3.8, 4) is 27.9 Å². The lowest BCUT2D eigenvalue weighted by Gasteiger charge is -2.12. The van der Waals surface area contributed by atoms with Gasteiger partial charge in [0.15, 0.2) is 0 Å². The van der Waals surface area contributed by atoms with Crippen LogP contribution in [0.25, 0.3) is 27.9 Å². The normalized spacial score (nSPS) is 11.4. The molecule has 5 aromatic rings. The topological polar surface area (TPSA) is 72.7 Å². The Balaban J connectivity index is 1.40. The number of carbonyl (C=O) groups excluding carboxylic acids is 1. The van der Waals surface area contributed by atoms with Crippen molar-refractivity contribution in [1.82, 2.24) is 19.7 Å². The van der Waals surface area contributed by atoms with E-state index in [2.05, 4.69) is 20.4 Å². The minimum atomic E-state index is -4.53. The molecule has 0 radical (unpaired) electrons. The van der Waals surface area contributed by atoms with Gasteiger partial charge in [-0.15, -0.1) is 0 Å². The number of pyridine rings is 2. The van der Waals surface area contributed by atoms with Crippen molar-refractivity contribution < 1.29 is 18.0 Å². The van der Waals surface area contributed by atoms with Crippen molar-refractivity contribution in [3.05, 3.63) is 115 Å². The van der Waals surface area contributed by atoms with Crippen molar-refractivity contribution in [2.24, 2.45) is 0 Å². The molecule has 37 heavy (non-hydrogen) atoms. The monoisotopic (exact) mass is 499 g/mol. The van der Waals surface area contributed by atoms with E-state index in [0.717, 1.165) is 39.9 Å². The van der Waals surface area contributed by atoms with Gasteiger partial charge in [0.05, 0.1) is 17.4 Å². The van der Waals surface area contributed by atoms with Gasteiger partial charge in [0.25, 0.3) is 5.91 Å². The van der Waals surface area contributed by atoms with Crippen molar-refractivity contribution in [2.45, 2.75) is 13.1 Å². The summed E-state index contributed by atoms with van der Waals surface area (Å²) in [5, 5.41) is 7.16. The Kier molecular flexibility index (Phi) is 6.27. The van der Waals surface area contributed by atoms with E-state index < -0.39 is 17.6 Å². The highest BCUT2D eigenvalue weighted by molar-refractivity contribution is 6.04. The number of hydrogen-bond donors (Lipinski definition) is 1. The quantitative estimate of drug-likeness (QED) is 0.297. The van der Waals surface area contributed by atoms with Gasteiger partial charge in [-0.3, -0.25) is 14.8 Å². The summed E-state index contributed by atoms with van der Waals surface area (Å²) in [4.78, 5) is 21.2. The summed E-state index contributed by atoms with van der Waals surface area (Å²) in [6, 6.07) is 15.4. The zero-order valence-corrected chi connectivity index (χ0v) is 19.6. The van der Waals surface area contributed by atoms with Crippen LogP contribution in [-0.2, 0) is 6.18 Å². The number of hydrogen-bond acceptors (Lipinski definition) is 4. The number of nitrogens with one attached hydrogen (secondary N) is 1. The Morgan fingerprint density at radius 2 is 1.62 bits per heavy atom. The second-order valence-corrected chi connectivity index (χ2v) is 8.41. The van der Waals surface area contributed by atoms with Gasteiger partial charge >= 0.3 is 6.18 Å². The maximum absolute atomic E-state index is 13.0. The predicted octanol–water partition coefficient (Wildman–Crippen LogP) is 6.58. The molecule has 0 saturated heterocycles. The highest BCUT2D eigenvalue weighted by Gasteiger charge is 2.30. The fraction of sp³-hybridized carbons (Fsp3) is 0.0714. The average Bonchev–Trinajstić information content (AvgIpc) is 3.40. The number of rotatable bonds is 5. The molecule has 1 N–H and O–H groups in total. The van der Waals surface area contributed by atoms with Crippen LogP contribution in [0.1, 0.15) is 21.5 Å². The van der Waals surface area contributed by atoms with Gasteiger partial charge in [-0.25, -0.2) is 4.68 Å². The minimum absolute atomic E-state index is 0.0840. The Bertz CT molecular complexity index is 1580. The number of benzene rings is 2. The molecule has 0 aliphatic rings. The third-order valence-electron chi connectivity index (χ3n) is 5.81. The molecule has 2 aromatic carbocycles. The van der Waals surface area contributed by atoms with Crippen LogP contribution in [0.2, 0.25) is 0 Å². The summed E-state index contributed by atoms with van der Waals surface area (Å²) in [6.45, 7) is 1.90. The fourth-order valence-corrected chi connectivity index (χ4v) is 3.87. The van der Waals surface area contributed by atoms with Crippen molar-refractivity contribution in [1.29, 1.82) is 0 Å². The van der Waals surface area contributed by atoms with E-state index in [4.69, 9.17) is 0 Å². The molecule has 0 unspecified atom stereocenters. The summed E-state index contributed by atoms with van der Waals surface area (Å²) in [5.41, 5.74) is 4.67. The van der Waals surface area contributed by atoms with E-state index in [-0.39, 0.29) is 5.56 Å². The molecule has 1 amide bonds. The summed E-state index contributed by atoms with van der Waals surface area (Å²) < 4.78 is 40.8. The highest BCUT2D eigenvalue weighted by atomic mass is 19.4. The van der Waals surface area contributed by atoms with Crippen LogP contribution in [0, 0.1) is 6.92 Å². The minimum Gasteiger partial charge on any atom is -0.322 e. The van der Waals surface area contributed by atoms with Crippen molar-refractivity contribution in [3.63, 3.8) is 0 Å². The maximum atomic E-state index is 13.0. The summed E-state index contributed by atoms with van der Waals surface area (Å²) in [6.07, 6.45) is 6.04. The molecule has 184 valence electrons. The smallest absolute Gasteiger partial charge is 0.322 e. The van der Waals surface area contributed by atoms with Crippen LogP contribution in [0.5, 0.6) is 0 Å². The third-order valence-corrected chi connectivity index (χ3v) is 5.81. The number of halogens is 3. The number of alkyl halides is 3. The molecule has 3 aromatic heterocycles. The molecule has 9 heteroatoms. The van der Waals surface area contributed by atoms with Crippen LogP contribution >= 0.6 is 0 Å². The second kappa shape index (κ2) is 9.69. The van der Waals surface area contributed by atoms with Crippen molar-refractivity contribution in [2.75, 3.05) is 5.32 Å². The predicted molar refractivity (Wildman–Crippen MR) is 134 cm³/mol. The molecule has 0 aliphatic carbocycles. The molecular weight excluding hydrogens is 479 g/mol. The van der Waals surface area contributed by atoms with E-state index >= 15 is 0 Å². The zero-order chi connectivity index (χ0) is 26.0. The molecule has 6 nitrogen and oxygen atoms in total. The van der Waals surface area contributed by atoms with Gasteiger partial charge in [-0.05, 0) is 55.0 Å². The zero-order valence-electron chi connectivity index (χ0n) is 19.6. The Morgan fingerprint density at radius 3 is 2.38 bits per heavy atom. The lowest BCUT2D eigenvalue weighted by Crippen LogP contribution is -2.14. The molecule has 5 rings (SSSR count). The summed E-state index contributed by atoms with van der Waals surface area (Å²) in [5.74, 6) is -0.639. The average molecular weight is 499 g/mol. The Labute approximate surface area is 210 Å². The number of nitrogens with zero attached hydrogens (tertiary/aromatic N) is 4. The largest absolute Gasteiger partial charge is 0.416 e. The number of carbonyl (C=O) groups is 1. The van der Waals surface area contributed by atoms with Gasteiger partial charge < -0.3 is 5.32 Å². The number of amides is 1. The molecule has 0 aliphatic heterocycles. The van der Waals surface area contributed by atoms with E-state index in [1.165, 1.54) is 12.1 Å². The van der Waals surface area contributed by atoms with Crippen LogP contribution in [-0.4, -0.2) is 25.7 Å². The molecule has 0 atom stereocenters. The lowest BCUT2D eigenvalue weighted by atomic mass is 10.1. The number of aryl methyl sites for hydroxylation is 1. The van der Waals surface area contributed by atoms with E-state index in [1.54, 1.807) is 47.8 Å². The van der Waals surface area contributed by atoms with Gasteiger partial charge in [0.2, 0.25) is 0 Å². The van der Waals surface area contributed by atoms with E-state index in [0.29, 0.717) is 11.4 Å². The number of anilines is 1. The van der Waals surface area contributed by atoms with Crippen LogP contribution < -0.4 is 5.32 Å². The van der Waals surface area contributed by atoms with Gasteiger partial charge in [0.1, 0.15) is 0 Å². The molecule has 0 saturated carbocycles. The first-order chi connectivity index (χ1) is 17.8. The summed E-state index contributed by atoms with van der Waals surface area (Å²) in [7, 11) is 0. The lowest BCUT2D eigenvalue weighted by molar-refractivity contribution is -0.137. The van der Waals surface area contributed by atoms with Crippen LogP contribution in [0.3, 0.4) is 0 Å². The van der Waals surface area contributed by atoms with Crippen LogP contribution in [0.15, 0.2) is 97.8 Å². The molecule has 0 bridgehead atoms. The third kappa shape index (κ3) is 5.25. The first kappa shape index (κ1) is 23.9. The molecule has 0 spiro atoms. The van der Waals surface area contributed by atoms with E-state index in [1.807, 2.05) is 37.4 Å². The van der Waals surface area contributed by atoms with Gasteiger partial charge in [-0.1, -0.05) is 18.2 Å². The fourth-order valence-electron chi connectivity index (χ4n) is 3.87. The van der Waals surface area contributed by atoms with Crippen LogP contribution in [0.4, 0.5) is 18.9 Å². The molecular formula is C28H20F3N5O. The van der Waals surface area contributed by atoms with Gasteiger partial charge in [0, 0.05) is 64.5 Å². The Morgan fingerprint density at radius 1 is 0.838 bits per heavy atom. The molecule has 0 fully saturated rings. The standard InChI is InChI=1S/C28H20F3N5O/c1-18-7-8-25(35-27(37)19-4-2-6-24(11-19)28(29,30)31)12-26(18)36-17-23(16-34-36)22-10-21(14-33-15-22)20-5-3-9-32-13-20/h2-17H,1H3,(H,35,37). The van der Waals surface area contributed by atoms with Gasteiger partial charge in [-0.2, -0.15) is 18.3 Å². The maximum Gasteiger partial charge on any atom is 0.416 e. The highest BCUT2D eigenvalue weighted by Crippen LogP contribution is 2.30. The SMILES string of the molecule is Cc1ccc(NC(=O)c2cccc(C(F)(F)F)c2)cc1-n1cc(-c2cncc(-c3cccnc3)c2)cn1. The van der Waals surface area contributed by atoms with Crippen molar-refractivity contribution >= 4 is 11.6 Å².